The first-order valence-electron chi connectivity index (χ1n) is 12.2. The summed E-state index contributed by atoms with van der Waals surface area (Å²) in [4.78, 5) is 0. The molecule has 2 unspecified atom stereocenters. The molecule has 0 amide bonds. The van der Waals surface area contributed by atoms with Gasteiger partial charge in [-0.1, -0.05) is 57.6 Å². The van der Waals surface area contributed by atoms with Gasteiger partial charge in [0.05, 0.1) is 12.5 Å². The summed E-state index contributed by atoms with van der Waals surface area (Å²) in [5.74, 6) is -0.705. The highest BCUT2D eigenvalue weighted by molar-refractivity contribution is 5.86. The molecule has 31 heavy (non-hydrogen) atoms. The molecule has 0 N–H and O–H groups in total. The first-order valence-corrected chi connectivity index (χ1v) is 12.2. The lowest BCUT2D eigenvalue weighted by molar-refractivity contribution is 0.112. The van der Waals surface area contributed by atoms with Gasteiger partial charge in [0.1, 0.15) is 5.82 Å². The lowest BCUT2D eigenvalue weighted by Crippen LogP contribution is -2.30. The van der Waals surface area contributed by atoms with Gasteiger partial charge in [-0.15, -0.1) is 0 Å². The topological polar surface area (TPSA) is 9.23 Å². The van der Waals surface area contributed by atoms with E-state index in [9.17, 15) is 8.78 Å². The summed E-state index contributed by atoms with van der Waals surface area (Å²) >= 11 is 0. The molecule has 2 saturated carbocycles. The van der Waals surface area contributed by atoms with Gasteiger partial charge in [-0.2, -0.15) is 4.39 Å². The maximum absolute atomic E-state index is 15.4. The largest absolute Gasteiger partial charge is 0.494 e. The maximum Gasteiger partial charge on any atom is 0.201 e. The number of rotatable bonds is 7. The van der Waals surface area contributed by atoms with Crippen molar-refractivity contribution in [3.05, 3.63) is 41.2 Å². The molecule has 2 aliphatic carbocycles. The van der Waals surface area contributed by atoms with E-state index in [4.69, 9.17) is 4.74 Å². The molecule has 0 aromatic heterocycles. The summed E-state index contributed by atoms with van der Waals surface area (Å²) in [6, 6.07) is 4.86. The SMILES string of the molecule is CCCCCCC1CCC2C[C@H](c3ccc4cc(OC)c(F)c(F)c4c3F)CC[C@@H]2C1. The van der Waals surface area contributed by atoms with Crippen LogP contribution < -0.4 is 4.74 Å². The Labute approximate surface area is 184 Å². The minimum atomic E-state index is -1.15. The van der Waals surface area contributed by atoms with E-state index in [1.165, 1.54) is 64.5 Å². The van der Waals surface area contributed by atoms with Crippen molar-refractivity contribution in [2.45, 2.75) is 83.5 Å². The van der Waals surface area contributed by atoms with Crippen LogP contribution in [-0.2, 0) is 0 Å². The zero-order chi connectivity index (χ0) is 22.0. The lowest BCUT2D eigenvalue weighted by Gasteiger charge is -2.42. The summed E-state index contributed by atoms with van der Waals surface area (Å²) < 4.78 is 49.1. The van der Waals surface area contributed by atoms with Gasteiger partial charge in [0.25, 0.3) is 0 Å². The first kappa shape index (κ1) is 22.5. The van der Waals surface area contributed by atoms with E-state index in [2.05, 4.69) is 6.92 Å². The Morgan fingerprint density at radius 2 is 1.65 bits per heavy atom. The van der Waals surface area contributed by atoms with Crippen molar-refractivity contribution < 1.29 is 17.9 Å². The highest BCUT2D eigenvalue weighted by atomic mass is 19.2. The standard InChI is InChI=1S/C27H35F3O/c1-3-4-5-6-7-17-8-9-19-15-20(11-10-18(19)14-17)22-13-12-21-16-23(31-2)26(29)27(30)24(21)25(22)28/h12-13,16-20H,3-11,14-15H2,1-2H3/t17?,18-,19?,20-/m1/s1. The first-order chi connectivity index (χ1) is 15.0. The summed E-state index contributed by atoms with van der Waals surface area (Å²) in [7, 11) is 1.28. The number of benzene rings is 2. The second kappa shape index (κ2) is 9.83. The fourth-order valence-corrected chi connectivity index (χ4v) is 6.23. The lowest BCUT2D eigenvalue weighted by atomic mass is 9.63. The Balaban J connectivity index is 1.46. The van der Waals surface area contributed by atoms with E-state index in [1.54, 1.807) is 12.1 Å². The van der Waals surface area contributed by atoms with Crippen LogP contribution in [0.25, 0.3) is 10.8 Å². The highest BCUT2D eigenvalue weighted by Crippen LogP contribution is 2.49. The van der Waals surface area contributed by atoms with Crippen molar-refractivity contribution in [2.75, 3.05) is 7.11 Å². The van der Waals surface area contributed by atoms with E-state index >= 15 is 4.39 Å². The minimum absolute atomic E-state index is 0.0938. The zero-order valence-electron chi connectivity index (χ0n) is 18.9. The Morgan fingerprint density at radius 3 is 2.42 bits per heavy atom. The van der Waals surface area contributed by atoms with Crippen molar-refractivity contribution in [2.24, 2.45) is 17.8 Å². The summed E-state index contributed by atoms with van der Waals surface area (Å²) in [6.45, 7) is 2.25. The fraction of sp³-hybridized carbons (Fsp3) is 0.630. The second-order valence-corrected chi connectivity index (χ2v) is 9.83. The molecule has 2 aromatic carbocycles. The molecule has 0 spiro atoms. The van der Waals surface area contributed by atoms with E-state index in [1.807, 2.05) is 0 Å². The monoisotopic (exact) mass is 432 g/mol. The normalized spacial score (nSPS) is 26.1. The maximum atomic E-state index is 15.4. The van der Waals surface area contributed by atoms with E-state index in [0.717, 1.165) is 31.1 Å². The molecule has 1 nitrogen and oxygen atoms in total. The van der Waals surface area contributed by atoms with Crippen molar-refractivity contribution in [3.63, 3.8) is 0 Å². The number of methoxy groups -OCH3 is 1. The van der Waals surface area contributed by atoms with Crippen molar-refractivity contribution in [1.29, 1.82) is 0 Å². The van der Waals surface area contributed by atoms with Crippen LogP contribution in [0.4, 0.5) is 13.2 Å². The van der Waals surface area contributed by atoms with Gasteiger partial charge in [0.15, 0.2) is 11.6 Å². The van der Waals surface area contributed by atoms with Crippen LogP contribution >= 0.6 is 0 Å². The molecular formula is C27H35F3O. The quantitative estimate of drug-likeness (QED) is 0.398. The van der Waals surface area contributed by atoms with Crippen LogP contribution in [-0.4, -0.2) is 7.11 Å². The van der Waals surface area contributed by atoms with Gasteiger partial charge in [-0.05, 0) is 72.8 Å². The van der Waals surface area contributed by atoms with Gasteiger partial charge >= 0.3 is 0 Å². The number of fused-ring (bicyclic) bond motifs is 2. The number of hydrogen-bond acceptors (Lipinski definition) is 1. The number of hydrogen-bond donors (Lipinski definition) is 0. The molecule has 0 bridgehead atoms. The molecule has 4 heteroatoms. The van der Waals surface area contributed by atoms with Gasteiger partial charge < -0.3 is 4.74 Å². The van der Waals surface area contributed by atoms with Crippen LogP contribution in [0.1, 0.15) is 89.0 Å². The second-order valence-electron chi connectivity index (χ2n) is 9.83. The molecule has 0 aliphatic heterocycles. The predicted octanol–water partition coefficient (Wildman–Crippen LogP) is 8.54. The molecule has 0 saturated heterocycles. The molecule has 2 fully saturated rings. The number of ether oxygens (including phenoxy) is 1. The number of unbranched alkanes of at least 4 members (excludes halogenated alkanes) is 3. The van der Waals surface area contributed by atoms with Crippen molar-refractivity contribution in [1.82, 2.24) is 0 Å². The molecule has 4 atom stereocenters. The van der Waals surface area contributed by atoms with Crippen LogP contribution in [0.15, 0.2) is 18.2 Å². The molecule has 170 valence electrons. The highest BCUT2D eigenvalue weighted by Gasteiger charge is 2.37. The minimum Gasteiger partial charge on any atom is -0.494 e. The third kappa shape index (κ3) is 4.59. The van der Waals surface area contributed by atoms with Gasteiger partial charge in [0, 0.05) is 0 Å². The van der Waals surface area contributed by atoms with Crippen molar-refractivity contribution >= 4 is 10.8 Å². The zero-order valence-corrected chi connectivity index (χ0v) is 18.9. The molecule has 2 aromatic rings. The van der Waals surface area contributed by atoms with Crippen molar-refractivity contribution in [3.8, 4) is 5.75 Å². The average molecular weight is 433 g/mol. The van der Waals surface area contributed by atoms with Gasteiger partial charge in [0.2, 0.25) is 5.82 Å². The van der Waals surface area contributed by atoms with E-state index < -0.39 is 17.5 Å². The summed E-state index contributed by atoms with van der Waals surface area (Å²) in [5, 5.41) is 0.1000. The Hall–Kier alpha value is -1.71. The average Bonchev–Trinajstić information content (AvgIpc) is 2.78. The molecule has 4 rings (SSSR count). The van der Waals surface area contributed by atoms with E-state index in [0.29, 0.717) is 16.9 Å². The van der Waals surface area contributed by atoms with Gasteiger partial charge in [-0.3, -0.25) is 0 Å². The van der Waals surface area contributed by atoms with Gasteiger partial charge in [-0.25, -0.2) is 8.78 Å². The third-order valence-electron chi connectivity index (χ3n) is 7.97. The summed E-state index contributed by atoms with van der Waals surface area (Å²) in [6.07, 6.45) is 13.6. The van der Waals surface area contributed by atoms with E-state index in [-0.39, 0.29) is 17.1 Å². The van der Waals surface area contributed by atoms with Crippen LogP contribution in [0.2, 0.25) is 0 Å². The Kier molecular flexibility index (Phi) is 7.13. The van der Waals surface area contributed by atoms with Crippen LogP contribution in [0.5, 0.6) is 5.75 Å². The smallest absolute Gasteiger partial charge is 0.201 e. The van der Waals surface area contributed by atoms with Crippen LogP contribution in [0.3, 0.4) is 0 Å². The summed E-state index contributed by atoms with van der Waals surface area (Å²) in [5.41, 5.74) is 0.552. The van der Waals surface area contributed by atoms with Crippen LogP contribution in [0, 0.1) is 35.2 Å². The Morgan fingerprint density at radius 1 is 0.871 bits per heavy atom. The third-order valence-corrected chi connectivity index (χ3v) is 7.97. The molecular weight excluding hydrogens is 397 g/mol. The molecule has 2 aliphatic rings. The molecule has 0 radical (unpaired) electrons. The molecule has 0 heterocycles. The fourth-order valence-electron chi connectivity index (χ4n) is 6.23. The predicted molar refractivity (Wildman–Crippen MR) is 120 cm³/mol. The Bertz CT molecular complexity index is 909. The number of halogens is 3.